The van der Waals surface area contributed by atoms with E-state index >= 15 is 0 Å². The highest BCUT2D eigenvalue weighted by molar-refractivity contribution is 6.23. The highest BCUT2D eigenvalue weighted by atomic mass is 16.6. The van der Waals surface area contributed by atoms with Gasteiger partial charge in [0, 0.05) is 0 Å². The third-order valence-electron chi connectivity index (χ3n) is 4.24. The van der Waals surface area contributed by atoms with E-state index in [1.54, 1.807) is 45.0 Å². The van der Waals surface area contributed by atoms with E-state index in [1.165, 1.54) is 27.7 Å². The number of amides is 3. The topological polar surface area (TPSA) is 92.8 Å². The molecule has 2 rings (SSSR count). The monoisotopic (exact) mass is 374 g/mol. The van der Waals surface area contributed by atoms with Crippen LogP contribution in [0.5, 0.6) is 0 Å². The van der Waals surface area contributed by atoms with Crippen molar-refractivity contribution in [1.82, 2.24) is 10.2 Å². The number of imide groups is 1. The molecule has 1 aromatic carbocycles. The summed E-state index contributed by atoms with van der Waals surface area (Å²) in [7, 11) is 0. The Kier molecular flexibility index (Phi) is 4.94. The Labute approximate surface area is 159 Å². The molecule has 1 aliphatic rings. The Morgan fingerprint density at radius 3 is 1.74 bits per heavy atom. The van der Waals surface area contributed by atoms with Crippen LogP contribution in [-0.4, -0.2) is 45.3 Å². The lowest BCUT2D eigenvalue weighted by Crippen LogP contribution is -2.62. The Morgan fingerprint density at radius 2 is 1.33 bits per heavy atom. The molecule has 1 aromatic rings. The summed E-state index contributed by atoms with van der Waals surface area (Å²) < 4.78 is 5.33. The average molecular weight is 374 g/mol. The lowest BCUT2D eigenvalue weighted by Gasteiger charge is -2.36. The van der Waals surface area contributed by atoms with E-state index in [0.717, 1.165) is 4.90 Å². The van der Waals surface area contributed by atoms with E-state index in [9.17, 15) is 19.2 Å². The first-order chi connectivity index (χ1) is 12.2. The highest BCUT2D eigenvalue weighted by Crippen LogP contribution is 2.30. The van der Waals surface area contributed by atoms with Crippen molar-refractivity contribution in [3.63, 3.8) is 0 Å². The number of benzene rings is 1. The quantitative estimate of drug-likeness (QED) is 0.645. The van der Waals surface area contributed by atoms with Gasteiger partial charge in [-0.25, -0.2) is 4.79 Å². The largest absolute Gasteiger partial charge is 0.458 e. The summed E-state index contributed by atoms with van der Waals surface area (Å²) >= 11 is 0. The molecule has 7 nitrogen and oxygen atoms in total. The zero-order valence-electron chi connectivity index (χ0n) is 16.8. The maximum atomic E-state index is 12.9. The second-order valence-corrected chi connectivity index (χ2v) is 8.63. The molecule has 0 bridgehead atoms. The summed E-state index contributed by atoms with van der Waals surface area (Å²) in [6, 6.07) is 6.42. The van der Waals surface area contributed by atoms with Crippen LogP contribution in [0.4, 0.5) is 0 Å². The number of esters is 1. The van der Waals surface area contributed by atoms with Gasteiger partial charge < -0.3 is 10.1 Å². The van der Waals surface area contributed by atoms with Crippen LogP contribution in [0.15, 0.2) is 24.3 Å². The smallest absolute Gasteiger partial charge is 0.331 e. The Balaban J connectivity index is 2.24. The molecule has 0 fully saturated rings. The lowest BCUT2D eigenvalue weighted by molar-refractivity contribution is -0.163. The Bertz CT molecular complexity index is 783. The fourth-order valence-corrected chi connectivity index (χ4v) is 2.69. The molecule has 3 amide bonds. The number of nitrogens with one attached hydrogen (secondary N) is 1. The summed E-state index contributed by atoms with van der Waals surface area (Å²) in [5.41, 5.74) is -3.02. The number of rotatable bonds is 4. The van der Waals surface area contributed by atoms with Gasteiger partial charge in [-0.3, -0.25) is 19.3 Å². The van der Waals surface area contributed by atoms with Gasteiger partial charge in [-0.1, -0.05) is 12.1 Å². The van der Waals surface area contributed by atoms with Crippen LogP contribution in [0.25, 0.3) is 0 Å². The summed E-state index contributed by atoms with van der Waals surface area (Å²) in [6.07, 6.45) is 0. The van der Waals surface area contributed by atoms with Gasteiger partial charge in [0.05, 0.1) is 11.1 Å². The van der Waals surface area contributed by atoms with Crippen LogP contribution in [0.1, 0.15) is 69.2 Å². The van der Waals surface area contributed by atoms with E-state index in [0.29, 0.717) is 0 Å². The van der Waals surface area contributed by atoms with Gasteiger partial charge in [-0.05, 0) is 60.6 Å². The molecule has 27 heavy (non-hydrogen) atoms. The third-order valence-corrected chi connectivity index (χ3v) is 4.24. The van der Waals surface area contributed by atoms with Crippen molar-refractivity contribution >= 4 is 23.7 Å². The van der Waals surface area contributed by atoms with Crippen molar-refractivity contribution in [1.29, 1.82) is 0 Å². The van der Waals surface area contributed by atoms with Crippen molar-refractivity contribution < 1.29 is 23.9 Å². The summed E-state index contributed by atoms with van der Waals surface area (Å²) in [6.45, 7) is 11.1. The van der Waals surface area contributed by atoms with Crippen LogP contribution < -0.4 is 5.32 Å². The lowest BCUT2D eigenvalue weighted by atomic mass is 9.97. The Hall–Kier alpha value is -2.70. The second-order valence-electron chi connectivity index (χ2n) is 8.63. The van der Waals surface area contributed by atoms with E-state index in [-0.39, 0.29) is 11.1 Å². The molecular formula is C20H26N2O5. The SMILES string of the molecule is CC(C)(C)OC(=O)C(C)(C)NC(=O)C(C)(C)N1C(=O)c2ccccc2C1=O. The van der Waals surface area contributed by atoms with Crippen LogP contribution in [0, 0.1) is 0 Å². The number of ether oxygens (including phenoxy) is 1. The maximum absolute atomic E-state index is 12.9. The fourth-order valence-electron chi connectivity index (χ4n) is 2.69. The van der Waals surface area contributed by atoms with Crippen LogP contribution in [-0.2, 0) is 14.3 Å². The van der Waals surface area contributed by atoms with Gasteiger partial charge in [0.15, 0.2) is 0 Å². The Morgan fingerprint density at radius 1 is 0.889 bits per heavy atom. The number of hydrogen-bond acceptors (Lipinski definition) is 5. The maximum Gasteiger partial charge on any atom is 0.331 e. The van der Waals surface area contributed by atoms with E-state index in [2.05, 4.69) is 5.32 Å². The second kappa shape index (κ2) is 6.48. The van der Waals surface area contributed by atoms with Crippen LogP contribution >= 0.6 is 0 Å². The highest BCUT2D eigenvalue weighted by Gasteiger charge is 2.49. The van der Waals surface area contributed by atoms with E-state index < -0.39 is 40.4 Å². The zero-order chi connectivity index (χ0) is 20.8. The number of fused-ring (bicyclic) bond motifs is 1. The first-order valence-corrected chi connectivity index (χ1v) is 8.72. The third kappa shape index (κ3) is 3.86. The minimum atomic E-state index is -1.49. The predicted octanol–water partition coefficient (Wildman–Crippen LogP) is 2.30. The minimum absolute atomic E-state index is 0.259. The molecule has 146 valence electrons. The van der Waals surface area contributed by atoms with E-state index in [1.807, 2.05) is 0 Å². The van der Waals surface area contributed by atoms with Crippen LogP contribution in [0.3, 0.4) is 0 Å². The molecule has 0 spiro atoms. The predicted molar refractivity (Wildman–Crippen MR) is 99.1 cm³/mol. The number of hydrogen-bond donors (Lipinski definition) is 1. The normalized spacial score (nSPS) is 14.9. The van der Waals surface area contributed by atoms with Gasteiger partial charge in [0.25, 0.3) is 11.8 Å². The molecule has 0 saturated carbocycles. The van der Waals surface area contributed by atoms with Crippen molar-refractivity contribution in [3.8, 4) is 0 Å². The molecule has 1 aliphatic heterocycles. The number of carbonyl (C=O) groups is 4. The van der Waals surface area contributed by atoms with Crippen molar-refractivity contribution in [2.45, 2.75) is 65.1 Å². The molecule has 0 atom stereocenters. The average Bonchev–Trinajstić information content (AvgIpc) is 2.77. The van der Waals surface area contributed by atoms with Crippen molar-refractivity contribution in [2.75, 3.05) is 0 Å². The van der Waals surface area contributed by atoms with Gasteiger partial charge in [0.1, 0.15) is 16.7 Å². The molecule has 0 saturated heterocycles. The zero-order valence-corrected chi connectivity index (χ0v) is 16.8. The van der Waals surface area contributed by atoms with Crippen molar-refractivity contribution in [3.05, 3.63) is 35.4 Å². The molecular weight excluding hydrogens is 348 g/mol. The molecule has 0 radical (unpaired) electrons. The first kappa shape index (κ1) is 20.6. The minimum Gasteiger partial charge on any atom is -0.458 e. The summed E-state index contributed by atoms with van der Waals surface area (Å²) in [5, 5.41) is 2.60. The number of carbonyl (C=O) groups excluding carboxylic acids is 4. The van der Waals surface area contributed by atoms with Gasteiger partial charge in [-0.15, -0.1) is 0 Å². The number of nitrogens with zero attached hydrogens (tertiary/aromatic N) is 1. The molecule has 7 heteroatoms. The summed E-state index contributed by atoms with van der Waals surface area (Å²) in [4.78, 5) is 51.6. The standard InChI is InChI=1S/C20H26N2O5/c1-18(2,3)27-17(26)19(4,5)21-16(25)20(6,7)22-14(23)12-10-8-9-11-13(12)15(22)24/h8-11H,1-7H3,(H,21,25). The van der Waals surface area contributed by atoms with Gasteiger partial charge in [0.2, 0.25) is 5.91 Å². The fraction of sp³-hybridized carbons (Fsp3) is 0.500. The van der Waals surface area contributed by atoms with Gasteiger partial charge in [-0.2, -0.15) is 0 Å². The molecule has 1 N–H and O–H groups in total. The molecule has 1 heterocycles. The van der Waals surface area contributed by atoms with Crippen molar-refractivity contribution in [2.24, 2.45) is 0 Å². The first-order valence-electron chi connectivity index (χ1n) is 8.72. The van der Waals surface area contributed by atoms with Gasteiger partial charge >= 0.3 is 5.97 Å². The van der Waals surface area contributed by atoms with Crippen LogP contribution in [0.2, 0.25) is 0 Å². The molecule has 0 aromatic heterocycles. The summed E-state index contributed by atoms with van der Waals surface area (Å²) in [5.74, 6) is -2.31. The van der Waals surface area contributed by atoms with E-state index in [4.69, 9.17) is 4.74 Å². The molecule has 0 unspecified atom stereocenters. The molecule has 0 aliphatic carbocycles.